The van der Waals surface area contributed by atoms with Crippen LogP contribution in [0.4, 0.5) is 0 Å². The van der Waals surface area contributed by atoms with E-state index in [9.17, 15) is 4.79 Å². The van der Waals surface area contributed by atoms with Gasteiger partial charge in [0.2, 0.25) is 0 Å². The predicted octanol–water partition coefficient (Wildman–Crippen LogP) is 0.655. The first-order valence-corrected chi connectivity index (χ1v) is 5.08. The van der Waals surface area contributed by atoms with E-state index in [1.165, 1.54) is 6.26 Å². The summed E-state index contributed by atoms with van der Waals surface area (Å²) in [5, 5.41) is 9.39. The molecule has 1 atom stereocenters. The first-order valence-electron chi connectivity index (χ1n) is 5.08. The van der Waals surface area contributed by atoms with Crippen molar-refractivity contribution < 1.29 is 9.52 Å². The molecule has 84 valence electrons. The summed E-state index contributed by atoms with van der Waals surface area (Å²) in [6, 6.07) is 6.63. The number of fused-ring (bicyclic) bond motifs is 1. The fourth-order valence-corrected chi connectivity index (χ4v) is 1.61. The van der Waals surface area contributed by atoms with E-state index in [4.69, 9.17) is 15.3 Å². The normalized spacial score (nSPS) is 12.9. The minimum absolute atomic E-state index is 0.0780. The topological polar surface area (TPSA) is 76.5 Å². The number of nitrogens with two attached hydrogens (primary N) is 1. The average molecular weight is 219 g/mol. The highest BCUT2D eigenvalue weighted by Crippen LogP contribution is 2.10. The second-order valence-corrected chi connectivity index (χ2v) is 3.73. The summed E-state index contributed by atoms with van der Waals surface area (Å²) in [6.07, 6.45) is 1.74. The summed E-state index contributed by atoms with van der Waals surface area (Å²) in [7, 11) is 0. The Kier molecular flexibility index (Phi) is 3.03. The van der Waals surface area contributed by atoms with Crippen LogP contribution in [0.25, 0.3) is 11.0 Å². The molecule has 0 aliphatic carbocycles. The van der Waals surface area contributed by atoms with Gasteiger partial charge in [0.05, 0.1) is 18.3 Å². The SMILES string of the molecule is NC(CO)Cc1coc2ccccc2c1=O. The molecule has 16 heavy (non-hydrogen) atoms. The van der Waals surface area contributed by atoms with Crippen LogP contribution in [-0.4, -0.2) is 17.8 Å². The Balaban J connectivity index is 2.49. The monoisotopic (exact) mass is 219 g/mol. The molecule has 1 unspecified atom stereocenters. The van der Waals surface area contributed by atoms with Crippen LogP contribution in [0.2, 0.25) is 0 Å². The molecule has 3 N–H and O–H groups in total. The van der Waals surface area contributed by atoms with Crippen molar-refractivity contribution in [1.82, 2.24) is 0 Å². The fraction of sp³-hybridized carbons (Fsp3) is 0.250. The number of aliphatic hydroxyl groups excluding tert-OH is 1. The van der Waals surface area contributed by atoms with Gasteiger partial charge in [-0.15, -0.1) is 0 Å². The van der Waals surface area contributed by atoms with Crippen LogP contribution >= 0.6 is 0 Å². The highest BCUT2D eigenvalue weighted by Gasteiger charge is 2.09. The molecule has 0 fully saturated rings. The summed E-state index contributed by atoms with van der Waals surface area (Å²) in [5.41, 5.74) is 6.57. The molecule has 0 saturated heterocycles. The Labute approximate surface area is 92.3 Å². The Bertz CT molecular complexity index is 547. The van der Waals surface area contributed by atoms with Crippen LogP contribution in [0.5, 0.6) is 0 Å². The third-order valence-corrected chi connectivity index (χ3v) is 2.47. The van der Waals surface area contributed by atoms with Crippen molar-refractivity contribution in [2.24, 2.45) is 5.73 Å². The predicted molar refractivity (Wildman–Crippen MR) is 61.2 cm³/mol. The number of para-hydroxylation sites is 1. The molecule has 1 aromatic carbocycles. The first kappa shape index (κ1) is 10.9. The molecule has 0 bridgehead atoms. The van der Waals surface area contributed by atoms with Gasteiger partial charge in [-0.1, -0.05) is 12.1 Å². The van der Waals surface area contributed by atoms with Crippen LogP contribution in [0.3, 0.4) is 0 Å². The van der Waals surface area contributed by atoms with Gasteiger partial charge in [-0.25, -0.2) is 0 Å². The van der Waals surface area contributed by atoms with Gasteiger partial charge in [0, 0.05) is 11.6 Å². The number of hydrogen-bond acceptors (Lipinski definition) is 4. The Morgan fingerprint density at radius 2 is 2.12 bits per heavy atom. The van der Waals surface area contributed by atoms with E-state index in [1.807, 2.05) is 6.07 Å². The fourth-order valence-electron chi connectivity index (χ4n) is 1.61. The highest BCUT2D eigenvalue weighted by molar-refractivity contribution is 5.76. The lowest BCUT2D eigenvalue weighted by Gasteiger charge is -2.07. The van der Waals surface area contributed by atoms with Crippen LogP contribution in [-0.2, 0) is 6.42 Å². The van der Waals surface area contributed by atoms with Crippen molar-refractivity contribution in [3.05, 3.63) is 46.3 Å². The van der Waals surface area contributed by atoms with E-state index >= 15 is 0 Å². The second-order valence-electron chi connectivity index (χ2n) is 3.73. The molecule has 0 aliphatic heterocycles. The van der Waals surface area contributed by atoms with Crippen molar-refractivity contribution in [3.63, 3.8) is 0 Å². The smallest absolute Gasteiger partial charge is 0.195 e. The second kappa shape index (κ2) is 4.47. The average Bonchev–Trinajstić information content (AvgIpc) is 2.33. The Morgan fingerprint density at radius 3 is 2.88 bits per heavy atom. The van der Waals surface area contributed by atoms with Crippen LogP contribution in [0.1, 0.15) is 5.56 Å². The summed E-state index contributed by atoms with van der Waals surface area (Å²) < 4.78 is 5.33. The van der Waals surface area contributed by atoms with Crippen molar-refractivity contribution in [2.45, 2.75) is 12.5 Å². The molecule has 1 heterocycles. The van der Waals surface area contributed by atoms with Gasteiger partial charge in [0.25, 0.3) is 0 Å². The molecule has 0 spiro atoms. The molecule has 0 saturated carbocycles. The first-order chi connectivity index (χ1) is 7.72. The third-order valence-electron chi connectivity index (χ3n) is 2.47. The van der Waals surface area contributed by atoms with Crippen LogP contribution in [0, 0.1) is 0 Å². The number of benzene rings is 1. The van der Waals surface area contributed by atoms with Crippen molar-refractivity contribution in [3.8, 4) is 0 Å². The molecule has 2 aromatic rings. The van der Waals surface area contributed by atoms with Gasteiger partial charge < -0.3 is 15.3 Å². The lowest BCUT2D eigenvalue weighted by molar-refractivity contribution is 0.265. The molecule has 0 amide bonds. The highest BCUT2D eigenvalue weighted by atomic mass is 16.3. The van der Waals surface area contributed by atoms with Crippen LogP contribution in [0.15, 0.2) is 39.7 Å². The Hall–Kier alpha value is -1.65. The van der Waals surface area contributed by atoms with Gasteiger partial charge in [-0.3, -0.25) is 4.79 Å². The van der Waals surface area contributed by atoms with Gasteiger partial charge in [-0.05, 0) is 18.6 Å². The molecule has 4 heteroatoms. The molecular formula is C12H13NO3. The maximum atomic E-state index is 12.0. The third kappa shape index (κ3) is 1.98. The van der Waals surface area contributed by atoms with E-state index in [-0.39, 0.29) is 12.0 Å². The largest absolute Gasteiger partial charge is 0.464 e. The minimum atomic E-state index is -0.427. The number of aliphatic hydroxyl groups is 1. The zero-order valence-electron chi connectivity index (χ0n) is 8.72. The molecule has 1 aromatic heterocycles. The van der Waals surface area contributed by atoms with E-state index < -0.39 is 6.04 Å². The van der Waals surface area contributed by atoms with E-state index in [0.717, 1.165) is 0 Å². The zero-order valence-corrected chi connectivity index (χ0v) is 8.72. The minimum Gasteiger partial charge on any atom is -0.464 e. The summed E-state index contributed by atoms with van der Waals surface area (Å²) >= 11 is 0. The van der Waals surface area contributed by atoms with Crippen LogP contribution < -0.4 is 11.2 Å². The Morgan fingerprint density at radius 1 is 1.38 bits per heavy atom. The maximum Gasteiger partial charge on any atom is 0.195 e. The standard InChI is InChI=1S/C12H13NO3/c13-9(6-14)5-8-7-16-11-4-2-1-3-10(11)12(8)15/h1-4,7,9,14H,5-6,13H2. The summed E-state index contributed by atoms with van der Waals surface area (Å²) in [6.45, 7) is -0.147. The lowest BCUT2D eigenvalue weighted by Crippen LogP contribution is -2.29. The van der Waals surface area contributed by atoms with Crippen molar-refractivity contribution >= 4 is 11.0 Å². The van der Waals surface area contributed by atoms with Gasteiger partial charge in [0.1, 0.15) is 5.58 Å². The molecule has 4 nitrogen and oxygen atoms in total. The van der Waals surface area contributed by atoms with Crippen molar-refractivity contribution in [1.29, 1.82) is 0 Å². The maximum absolute atomic E-state index is 12.0. The van der Waals surface area contributed by atoms with Gasteiger partial charge in [-0.2, -0.15) is 0 Å². The van der Waals surface area contributed by atoms with Crippen molar-refractivity contribution in [2.75, 3.05) is 6.61 Å². The van der Waals surface area contributed by atoms with E-state index in [1.54, 1.807) is 18.2 Å². The summed E-state index contributed by atoms with van der Waals surface area (Å²) in [4.78, 5) is 12.0. The molecule has 2 rings (SSSR count). The quantitative estimate of drug-likeness (QED) is 0.794. The summed E-state index contributed by atoms with van der Waals surface area (Å²) in [5.74, 6) is 0. The molecular weight excluding hydrogens is 206 g/mol. The molecule has 0 radical (unpaired) electrons. The number of rotatable bonds is 3. The molecule has 0 aliphatic rings. The van der Waals surface area contributed by atoms with E-state index in [2.05, 4.69) is 0 Å². The van der Waals surface area contributed by atoms with E-state index in [0.29, 0.717) is 23.0 Å². The zero-order chi connectivity index (χ0) is 11.5. The van der Waals surface area contributed by atoms with Gasteiger partial charge in [0.15, 0.2) is 5.43 Å². The van der Waals surface area contributed by atoms with Gasteiger partial charge >= 0.3 is 0 Å². The number of hydrogen-bond donors (Lipinski definition) is 2. The lowest BCUT2D eigenvalue weighted by atomic mass is 10.1.